The lowest BCUT2D eigenvalue weighted by Crippen LogP contribution is -2.53. The summed E-state index contributed by atoms with van der Waals surface area (Å²) in [5.41, 5.74) is 1.79. The zero-order valence-corrected chi connectivity index (χ0v) is 20.3. The molecule has 10 nitrogen and oxygen atoms in total. The first-order valence-corrected chi connectivity index (χ1v) is 12.9. The van der Waals surface area contributed by atoms with Crippen LogP contribution in [0.2, 0.25) is 0 Å². The molecule has 198 valence electrons. The van der Waals surface area contributed by atoms with Crippen molar-refractivity contribution < 1.29 is 18.0 Å². The van der Waals surface area contributed by atoms with Gasteiger partial charge in [0.05, 0.1) is 6.54 Å². The van der Waals surface area contributed by atoms with Crippen LogP contribution in [-0.2, 0) is 4.79 Å². The zero-order chi connectivity index (χ0) is 25.6. The first kappa shape index (κ1) is 24.0. The highest BCUT2D eigenvalue weighted by molar-refractivity contribution is 5.85. The number of alkyl halides is 3. The minimum absolute atomic E-state index is 0.189. The summed E-state index contributed by atoms with van der Waals surface area (Å²) < 4.78 is 40.4. The van der Waals surface area contributed by atoms with Crippen LogP contribution in [-0.4, -0.2) is 79.8 Å². The number of amides is 1. The van der Waals surface area contributed by atoms with Crippen LogP contribution in [0.15, 0.2) is 24.4 Å². The fraction of sp³-hybridized carbons (Fsp3) is 0.583. The molecule has 3 aliphatic rings. The summed E-state index contributed by atoms with van der Waals surface area (Å²) in [6, 6.07) is 4.96. The third kappa shape index (κ3) is 5.36. The van der Waals surface area contributed by atoms with Crippen molar-refractivity contribution in [1.82, 2.24) is 34.8 Å². The number of halogens is 3. The third-order valence-electron chi connectivity index (χ3n) is 7.30. The van der Waals surface area contributed by atoms with E-state index in [0.29, 0.717) is 61.6 Å². The first-order valence-electron chi connectivity index (χ1n) is 12.9. The number of nitrogens with one attached hydrogen (secondary N) is 3. The molecular formula is C24H30F3N9O. The second-order valence-corrected chi connectivity index (χ2v) is 10.2. The Bertz CT molecular complexity index is 1270. The van der Waals surface area contributed by atoms with Gasteiger partial charge in [0.1, 0.15) is 11.7 Å². The number of H-pyrrole nitrogens is 1. The van der Waals surface area contributed by atoms with Gasteiger partial charge in [-0.1, -0.05) is 0 Å². The number of piperidine rings is 1. The Kier molecular flexibility index (Phi) is 6.17. The minimum atomic E-state index is -4.25. The van der Waals surface area contributed by atoms with E-state index in [9.17, 15) is 18.0 Å². The van der Waals surface area contributed by atoms with Crippen molar-refractivity contribution >= 4 is 29.3 Å². The van der Waals surface area contributed by atoms with Crippen molar-refractivity contribution in [3.05, 3.63) is 30.1 Å². The summed E-state index contributed by atoms with van der Waals surface area (Å²) in [7, 11) is 0. The van der Waals surface area contributed by atoms with Crippen molar-refractivity contribution in [3.8, 4) is 0 Å². The van der Waals surface area contributed by atoms with E-state index in [1.165, 1.54) is 17.7 Å². The van der Waals surface area contributed by atoms with E-state index in [2.05, 4.69) is 20.8 Å². The predicted octanol–water partition coefficient (Wildman–Crippen LogP) is 3.19. The molecule has 3 fully saturated rings. The fourth-order valence-electron chi connectivity index (χ4n) is 5.40. The smallest absolute Gasteiger partial charge is 0.350 e. The third-order valence-corrected chi connectivity index (χ3v) is 7.30. The maximum Gasteiger partial charge on any atom is 0.401 e. The number of rotatable bonds is 7. The van der Waals surface area contributed by atoms with Crippen molar-refractivity contribution in [2.75, 3.05) is 36.4 Å². The van der Waals surface area contributed by atoms with Crippen LogP contribution < -0.4 is 15.5 Å². The van der Waals surface area contributed by atoms with Gasteiger partial charge in [-0.05, 0) is 57.2 Å². The topological polar surface area (TPSA) is 106 Å². The zero-order valence-electron chi connectivity index (χ0n) is 20.3. The maximum absolute atomic E-state index is 13.3. The molecule has 3 N–H and O–H groups in total. The normalized spacial score (nSPS) is 23.1. The largest absolute Gasteiger partial charge is 0.401 e. The Hall–Kier alpha value is -3.35. The summed E-state index contributed by atoms with van der Waals surface area (Å²) in [6.45, 7) is 0.257. The number of hydrogen-bond acceptors (Lipinski definition) is 7. The number of anilines is 3. The first-order chi connectivity index (χ1) is 17.8. The molecular weight excluding hydrogens is 487 g/mol. The average Bonchev–Trinajstić information content (AvgIpc) is 3.23. The van der Waals surface area contributed by atoms with Gasteiger partial charge >= 0.3 is 6.18 Å². The van der Waals surface area contributed by atoms with Crippen molar-refractivity contribution in [1.29, 1.82) is 0 Å². The lowest BCUT2D eigenvalue weighted by Gasteiger charge is -2.34. The van der Waals surface area contributed by atoms with E-state index in [1.54, 1.807) is 0 Å². The second-order valence-electron chi connectivity index (χ2n) is 10.2. The molecule has 2 atom stereocenters. The predicted molar refractivity (Wildman–Crippen MR) is 131 cm³/mol. The Labute approximate surface area is 211 Å². The molecule has 6 rings (SSSR count). The molecule has 37 heavy (non-hydrogen) atoms. The number of carbonyl (C=O) groups excluding carboxylic acids is 1. The fourth-order valence-corrected chi connectivity index (χ4v) is 5.40. The lowest BCUT2D eigenvalue weighted by molar-refractivity contribution is -0.148. The van der Waals surface area contributed by atoms with Gasteiger partial charge in [-0.2, -0.15) is 28.2 Å². The average molecular weight is 518 g/mol. The number of nitrogens with zero attached hydrogens (tertiary/aromatic N) is 6. The molecule has 1 saturated carbocycles. The molecule has 2 saturated heterocycles. The van der Waals surface area contributed by atoms with Gasteiger partial charge in [0.2, 0.25) is 17.8 Å². The van der Waals surface area contributed by atoms with Gasteiger partial charge in [-0.3, -0.25) is 19.2 Å². The maximum atomic E-state index is 13.3. The Balaban J connectivity index is 1.18. The van der Waals surface area contributed by atoms with Crippen LogP contribution >= 0.6 is 0 Å². The van der Waals surface area contributed by atoms with Crippen molar-refractivity contribution in [2.24, 2.45) is 0 Å². The second kappa shape index (κ2) is 9.51. The molecule has 5 heterocycles. The van der Waals surface area contributed by atoms with Gasteiger partial charge in [0.25, 0.3) is 0 Å². The van der Waals surface area contributed by atoms with Crippen LogP contribution in [0.1, 0.15) is 50.1 Å². The number of aromatic nitrogens is 5. The molecule has 0 spiro atoms. The highest BCUT2D eigenvalue weighted by Gasteiger charge is 2.37. The molecule has 1 aliphatic carbocycles. The summed E-state index contributed by atoms with van der Waals surface area (Å²) in [5.74, 6) is 2.00. The SMILES string of the molecule is O=C(N[C@@H]1CCCN(CC(F)(F)F)C1)[C@@H]1CCCN1c1nc(Nc2cc(C3CC3)[nH]n2)n2cccc2n1. The van der Waals surface area contributed by atoms with Crippen molar-refractivity contribution in [3.63, 3.8) is 0 Å². The standard InChI is InChI=1S/C24H30F3N9O/c25-24(26,27)14-34-9-1-4-16(13-34)28-21(37)18-5-2-10-35(18)23-30-20-6-3-11-36(20)22(31-23)29-19-12-17(32-33-19)15-7-8-15/h3,6,11-12,15-16,18H,1-2,4-5,7-10,13-14H2,(H,28,37)(H2,29,30,31,32,33)/t16-,18+/m1/s1. The Morgan fingerprint density at radius 2 is 1.97 bits per heavy atom. The van der Waals surface area contributed by atoms with E-state index in [0.717, 1.165) is 12.1 Å². The molecule has 13 heteroatoms. The van der Waals surface area contributed by atoms with Gasteiger partial charge in [0.15, 0.2) is 5.82 Å². The summed E-state index contributed by atoms with van der Waals surface area (Å²) >= 11 is 0. The number of likely N-dealkylation sites (tertiary alicyclic amines) is 1. The van der Waals surface area contributed by atoms with Crippen LogP contribution in [0.4, 0.5) is 30.9 Å². The number of carbonyl (C=O) groups is 1. The van der Waals surface area contributed by atoms with Crippen molar-refractivity contribution in [2.45, 2.75) is 62.7 Å². The van der Waals surface area contributed by atoms with E-state index < -0.39 is 18.8 Å². The van der Waals surface area contributed by atoms with Gasteiger partial charge < -0.3 is 15.5 Å². The molecule has 0 unspecified atom stereocenters. The van der Waals surface area contributed by atoms with Gasteiger partial charge in [-0.25, -0.2) is 0 Å². The van der Waals surface area contributed by atoms with E-state index in [1.807, 2.05) is 33.7 Å². The van der Waals surface area contributed by atoms with E-state index in [-0.39, 0.29) is 18.5 Å². The van der Waals surface area contributed by atoms with E-state index in [4.69, 9.17) is 9.97 Å². The van der Waals surface area contributed by atoms with Crippen LogP contribution in [0.3, 0.4) is 0 Å². The Morgan fingerprint density at radius 1 is 1.14 bits per heavy atom. The molecule has 0 bridgehead atoms. The highest BCUT2D eigenvalue weighted by atomic mass is 19.4. The van der Waals surface area contributed by atoms with Crippen LogP contribution in [0.25, 0.3) is 5.65 Å². The highest BCUT2D eigenvalue weighted by Crippen LogP contribution is 2.39. The van der Waals surface area contributed by atoms with Crippen LogP contribution in [0.5, 0.6) is 0 Å². The van der Waals surface area contributed by atoms with Gasteiger partial charge in [-0.15, -0.1) is 0 Å². The lowest BCUT2D eigenvalue weighted by atomic mass is 10.0. The molecule has 3 aromatic heterocycles. The monoisotopic (exact) mass is 517 g/mol. The number of hydrogen-bond donors (Lipinski definition) is 3. The minimum Gasteiger partial charge on any atom is -0.350 e. The van der Waals surface area contributed by atoms with Gasteiger partial charge in [0, 0.05) is 43.0 Å². The molecule has 0 radical (unpaired) electrons. The molecule has 2 aliphatic heterocycles. The quantitative estimate of drug-likeness (QED) is 0.442. The molecule has 3 aromatic rings. The molecule has 0 aromatic carbocycles. The summed E-state index contributed by atoms with van der Waals surface area (Å²) in [6.07, 6.45) is 2.66. The van der Waals surface area contributed by atoms with Crippen LogP contribution in [0, 0.1) is 0 Å². The number of aromatic amines is 1. The Morgan fingerprint density at radius 3 is 2.78 bits per heavy atom. The summed E-state index contributed by atoms with van der Waals surface area (Å²) in [5, 5.41) is 13.7. The van der Waals surface area contributed by atoms with E-state index >= 15 is 0 Å². The summed E-state index contributed by atoms with van der Waals surface area (Å²) in [4.78, 5) is 26.0. The number of fused-ring (bicyclic) bond motifs is 1. The molecule has 1 amide bonds.